The predicted octanol–water partition coefficient (Wildman–Crippen LogP) is 6.37. The lowest BCUT2D eigenvalue weighted by atomic mass is 9.81. The minimum Gasteiger partial charge on any atom is -0.497 e. The van der Waals surface area contributed by atoms with E-state index < -0.39 is 0 Å². The highest BCUT2D eigenvalue weighted by atomic mass is 16.5. The molecule has 0 fully saturated rings. The summed E-state index contributed by atoms with van der Waals surface area (Å²) in [4.78, 5) is 0. The van der Waals surface area contributed by atoms with Gasteiger partial charge in [-0.2, -0.15) is 0 Å². The van der Waals surface area contributed by atoms with Gasteiger partial charge in [0.2, 0.25) is 0 Å². The van der Waals surface area contributed by atoms with Gasteiger partial charge in [0.1, 0.15) is 17.2 Å². The summed E-state index contributed by atoms with van der Waals surface area (Å²) in [6, 6.07) is 26.1. The van der Waals surface area contributed by atoms with Crippen LogP contribution >= 0.6 is 0 Å². The molecule has 3 nitrogen and oxygen atoms in total. The number of benzene rings is 3. The van der Waals surface area contributed by atoms with Crippen molar-refractivity contribution in [3.8, 4) is 17.2 Å². The highest BCUT2D eigenvalue weighted by molar-refractivity contribution is 5.34. The van der Waals surface area contributed by atoms with E-state index in [0.29, 0.717) is 13.2 Å². The number of para-hydroxylation sites is 1. The normalized spacial score (nSPS) is 13.0. The van der Waals surface area contributed by atoms with Crippen molar-refractivity contribution < 1.29 is 14.2 Å². The smallest absolute Gasteiger partial charge is 0.127 e. The lowest BCUT2D eigenvalue weighted by Crippen LogP contribution is -2.27. The molecule has 0 bridgehead atoms. The van der Waals surface area contributed by atoms with Crippen LogP contribution < -0.4 is 9.47 Å². The van der Waals surface area contributed by atoms with Crippen molar-refractivity contribution in [1.82, 2.24) is 0 Å². The second-order valence-electron chi connectivity index (χ2n) is 7.20. The summed E-state index contributed by atoms with van der Waals surface area (Å²) < 4.78 is 17.3. The lowest BCUT2D eigenvalue weighted by molar-refractivity contribution is 0.0747. The van der Waals surface area contributed by atoms with Crippen LogP contribution in [0.15, 0.2) is 78.9 Å². The summed E-state index contributed by atoms with van der Waals surface area (Å²) >= 11 is 0. The van der Waals surface area contributed by atoms with Crippen LogP contribution in [0.1, 0.15) is 31.4 Å². The van der Waals surface area contributed by atoms with Crippen LogP contribution in [0.4, 0.5) is 0 Å². The molecule has 0 saturated heterocycles. The van der Waals surface area contributed by atoms with E-state index >= 15 is 0 Å². The molecule has 0 saturated carbocycles. The molecule has 0 aliphatic rings. The van der Waals surface area contributed by atoms with Crippen molar-refractivity contribution in [2.24, 2.45) is 0 Å². The Kier molecular flexibility index (Phi) is 6.72. The molecule has 3 aromatic rings. The molecule has 1 unspecified atom stereocenters. The minimum atomic E-state index is -0.0373. The molecule has 0 N–H and O–H groups in total. The van der Waals surface area contributed by atoms with Crippen LogP contribution in [0, 0.1) is 0 Å². The fourth-order valence-corrected chi connectivity index (χ4v) is 3.10. The third kappa shape index (κ3) is 5.14. The molecular weight excluding hydrogens is 348 g/mol. The van der Waals surface area contributed by atoms with Crippen LogP contribution in [0.5, 0.6) is 17.2 Å². The molecule has 0 aliphatic heterocycles. The summed E-state index contributed by atoms with van der Waals surface area (Å²) in [6.07, 6.45) is 0.997. The molecule has 28 heavy (non-hydrogen) atoms. The maximum atomic E-state index is 6.11. The monoisotopic (exact) mass is 376 g/mol. The van der Waals surface area contributed by atoms with Gasteiger partial charge in [0.15, 0.2) is 0 Å². The fourth-order valence-electron chi connectivity index (χ4n) is 3.10. The largest absolute Gasteiger partial charge is 0.497 e. The topological polar surface area (TPSA) is 27.7 Å². The van der Waals surface area contributed by atoms with E-state index in [9.17, 15) is 0 Å². The first-order valence-corrected chi connectivity index (χ1v) is 9.67. The second kappa shape index (κ2) is 9.43. The zero-order valence-electron chi connectivity index (χ0n) is 16.9. The molecule has 0 radical (unpaired) electrons. The Labute approximate surface area is 167 Å². The predicted molar refractivity (Wildman–Crippen MR) is 113 cm³/mol. The Morgan fingerprint density at radius 3 is 2.18 bits per heavy atom. The zero-order chi connectivity index (χ0) is 19.8. The van der Waals surface area contributed by atoms with E-state index in [-0.39, 0.29) is 5.41 Å². The Bertz CT molecular complexity index is 858. The summed E-state index contributed by atoms with van der Waals surface area (Å²) in [5.41, 5.74) is 2.32. The van der Waals surface area contributed by atoms with E-state index in [1.54, 1.807) is 7.11 Å². The van der Waals surface area contributed by atoms with Gasteiger partial charge < -0.3 is 14.2 Å². The van der Waals surface area contributed by atoms with Crippen molar-refractivity contribution in [1.29, 1.82) is 0 Å². The Morgan fingerprint density at radius 1 is 0.786 bits per heavy atom. The SMILES string of the molecule is CCC(C)(COCc1cccc(Oc2ccccc2)c1)c1ccc(OC)cc1. The summed E-state index contributed by atoms with van der Waals surface area (Å²) in [5.74, 6) is 2.53. The maximum absolute atomic E-state index is 6.11. The summed E-state index contributed by atoms with van der Waals surface area (Å²) in [5, 5.41) is 0. The van der Waals surface area contributed by atoms with Gasteiger partial charge in [0.25, 0.3) is 0 Å². The molecule has 0 spiro atoms. The molecule has 3 rings (SSSR count). The molecule has 0 amide bonds. The van der Waals surface area contributed by atoms with Crippen LogP contribution in [0.2, 0.25) is 0 Å². The van der Waals surface area contributed by atoms with Gasteiger partial charge >= 0.3 is 0 Å². The summed E-state index contributed by atoms with van der Waals surface area (Å²) in [7, 11) is 1.69. The van der Waals surface area contributed by atoms with Crippen LogP contribution in [-0.2, 0) is 16.8 Å². The number of ether oxygens (including phenoxy) is 3. The Hall–Kier alpha value is -2.78. The highest BCUT2D eigenvalue weighted by Gasteiger charge is 2.25. The van der Waals surface area contributed by atoms with Gasteiger partial charge in [0.05, 0.1) is 20.3 Å². The molecule has 0 heterocycles. The van der Waals surface area contributed by atoms with E-state index in [1.807, 2.05) is 60.7 Å². The summed E-state index contributed by atoms with van der Waals surface area (Å²) in [6.45, 7) is 5.64. The number of rotatable bonds is 9. The van der Waals surface area contributed by atoms with Gasteiger partial charge in [-0.1, -0.05) is 56.3 Å². The Morgan fingerprint density at radius 2 is 1.50 bits per heavy atom. The van der Waals surface area contributed by atoms with Gasteiger partial charge in [-0.05, 0) is 53.9 Å². The van der Waals surface area contributed by atoms with Gasteiger partial charge in [-0.15, -0.1) is 0 Å². The molecule has 1 atom stereocenters. The van der Waals surface area contributed by atoms with Crippen molar-refractivity contribution >= 4 is 0 Å². The van der Waals surface area contributed by atoms with Crippen molar-refractivity contribution in [3.63, 3.8) is 0 Å². The van der Waals surface area contributed by atoms with E-state index in [0.717, 1.165) is 29.2 Å². The van der Waals surface area contributed by atoms with Crippen molar-refractivity contribution in [2.45, 2.75) is 32.3 Å². The van der Waals surface area contributed by atoms with Gasteiger partial charge in [0, 0.05) is 5.41 Å². The molecule has 0 aromatic heterocycles. The van der Waals surface area contributed by atoms with Crippen molar-refractivity contribution in [3.05, 3.63) is 90.0 Å². The second-order valence-corrected chi connectivity index (χ2v) is 7.20. The molecule has 3 aromatic carbocycles. The average molecular weight is 376 g/mol. The van der Waals surface area contributed by atoms with E-state index in [4.69, 9.17) is 14.2 Å². The van der Waals surface area contributed by atoms with E-state index in [1.165, 1.54) is 5.56 Å². The first-order chi connectivity index (χ1) is 13.6. The molecular formula is C25H28O3. The fraction of sp³-hybridized carbons (Fsp3) is 0.280. The highest BCUT2D eigenvalue weighted by Crippen LogP contribution is 2.30. The third-order valence-electron chi connectivity index (χ3n) is 5.13. The van der Waals surface area contributed by atoms with Crippen molar-refractivity contribution in [2.75, 3.05) is 13.7 Å². The van der Waals surface area contributed by atoms with Crippen LogP contribution in [-0.4, -0.2) is 13.7 Å². The lowest BCUT2D eigenvalue weighted by Gasteiger charge is -2.29. The average Bonchev–Trinajstić information content (AvgIpc) is 2.75. The Balaban J connectivity index is 1.60. The van der Waals surface area contributed by atoms with Gasteiger partial charge in [-0.3, -0.25) is 0 Å². The maximum Gasteiger partial charge on any atom is 0.127 e. The number of methoxy groups -OCH3 is 1. The minimum absolute atomic E-state index is 0.0373. The third-order valence-corrected chi connectivity index (χ3v) is 5.13. The van der Waals surface area contributed by atoms with Crippen LogP contribution in [0.3, 0.4) is 0 Å². The van der Waals surface area contributed by atoms with Gasteiger partial charge in [-0.25, -0.2) is 0 Å². The first kappa shape index (κ1) is 20.0. The number of hydrogen-bond acceptors (Lipinski definition) is 3. The number of hydrogen-bond donors (Lipinski definition) is 0. The molecule has 0 aliphatic carbocycles. The molecule has 3 heteroatoms. The zero-order valence-corrected chi connectivity index (χ0v) is 16.9. The van der Waals surface area contributed by atoms with Crippen LogP contribution in [0.25, 0.3) is 0 Å². The first-order valence-electron chi connectivity index (χ1n) is 9.67. The molecule has 146 valence electrons. The standard InChI is InChI=1S/C25H28O3/c1-4-25(2,21-13-15-22(26-3)16-14-21)19-27-18-20-9-8-12-24(17-20)28-23-10-6-5-7-11-23/h5-17H,4,18-19H2,1-3H3. The quantitative estimate of drug-likeness (QED) is 0.434. The van der Waals surface area contributed by atoms with E-state index in [2.05, 4.69) is 32.0 Å².